The predicted molar refractivity (Wildman–Crippen MR) is 95.2 cm³/mol. The van der Waals surface area contributed by atoms with Gasteiger partial charge in [-0.1, -0.05) is 0 Å². The molecule has 1 amide bonds. The number of carbonyl (C=O) groups is 1. The van der Waals surface area contributed by atoms with Crippen LogP contribution in [0.5, 0.6) is 0 Å². The van der Waals surface area contributed by atoms with Gasteiger partial charge in [0.05, 0.1) is 0 Å². The predicted octanol–water partition coefficient (Wildman–Crippen LogP) is 2.60. The summed E-state index contributed by atoms with van der Waals surface area (Å²) in [5, 5.41) is 3.46. The van der Waals surface area contributed by atoms with Gasteiger partial charge in [-0.05, 0) is 63.1 Å². The summed E-state index contributed by atoms with van der Waals surface area (Å²) < 4.78 is 0. The van der Waals surface area contributed by atoms with Gasteiger partial charge in [0.1, 0.15) is 5.82 Å². The number of hydrogen-bond donors (Lipinski definition) is 1. The number of anilines is 1. The van der Waals surface area contributed by atoms with E-state index in [1.54, 1.807) is 6.20 Å². The Morgan fingerprint density at radius 2 is 2.00 bits per heavy atom. The Balaban J connectivity index is 1.31. The van der Waals surface area contributed by atoms with Crippen LogP contribution in [-0.2, 0) is 0 Å². The first-order chi connectivity index (χ1) is 11.8. The van der Waals surface area contributed by atoms with E-state index < -0.39 is 0 Å². The number of likely N-dealkylation sites (tertiary alicyclic amines) is 2. The second-order valence-electron chi connectivity index (χ2n) is 7.54. The molecule has 24 heavy (non-hydrogen) atoms. The number of hydrogen-bond acceptors (Lipinski definition) is 4. The van der Waals surface area contributed by atoms with Gasteiger partial charge in [-0.25, -0.2) is 4.98 Å². The van der Waals surface area contributed by atoms with Crippen molar-refractivity contribution < 1.29 is 4.79 Å². The summed E-state index contributed by atoms with van der Waals surface area (Å²) in [6.45, 7) is 5.20. The highest BCUT2D eigenvalue weighted by Gasteiger charge is 2.34. The molecular weight excluding hydrogens is 300 g/mol. The molecule has 1 saturated carbocycles. The highest BCUT2D eigenvalue weighted by molar-refractivity contribution is 5.94. The quantitative estimate of drug-likeness (QED) is 0.903. The average molecular weight is 328 g/mol. The molecule has 2 saturated heterocycles. The smallest absolute Gasteiger partial charge is 0.254 e. The summed E-state index contributed by atoms with van der Waals surface area (Å²) >= 11 is 0. The summed E-state index contributed by atoms with van der Waals surface area (Å²) in [5.41, 5.74) is 0.764. The van der Waals surface area contributed by atoms with Crippen LogP contribution in [0.2, 0.25) is 0 Å². The van der Waals surface area contributed by atoms with Crippen LogP contribution in [-0.4, -0.2) is 59.5 Å². The molecule has 1 atom stereocenters. The topological polar surface area (TPSA) is 48.5 Å². The van der Waals surface area contributed by atoms with Gasteiger partial charge in [0.25, 0.3) is 5.91 Å². The minimum absolute atomic E-state index is 0.154. The molecule has 1 aromatic heterocycles. The van der Waals surface area contributed by atoms with Crippen LogP contribution < -0.4 is 5.32 Å². The lowest BCUT2D eigenvalue weighted by Crippen LogP contribution is -2.35. The third-order valence-corrected chi connectivity index (χ3v) is 5.60. The summed E-state index contributed by atoms with van der Waals surface area (Å²) in [5.74, 6) is 1.69. The maximum absolute atomic E-state index is 12.6. The van der Waals surface area contributed by atoms with E-state index >= 15 is 0 Å². The number of nitrogens with zero attached hydrogens (tertiary/aromatic N) is 3. The summed E-state index contributed by atoms with van der Waals surface area (Å²) in [6.07, 6.45) is 9.31. The van der Waals surface area contributed by atoms with Crippen molar-refractivity contribution in [3.63, 3.8) is 0 Å². The maximum atomic E-state index is 12.6. The fourth-order valence-corrected chi connectivity index (χ4v) is 3.99. The van der Waals surface area contributed by atoms with Crippen LogP contribution in [0.1, 0.15) is 48.9 Å². The molecule has 3 heterocycles. The van der Waals surface area contributed by atoms with Crippen molar-refractivity contribution in [2.45, 2.75) is 44.6 Å². The second kappa shape index (κ2) is 7.09. The normalized spacial score (nSPS) is 25.0. The van der Waals surface area contributed by atoms with E-state index in [0.29, 0.717) is 5.92 Å². The fourth-order valence-electron chi connectivity index (χ4n) is 3.99. The first kappa shape index (κ1) is 15.9. The zero-order valence-electron chi connectivity index (χ0n) is 14.4. The van der Waals surface area contributed by atoms with Gasteiger partial charge >= 0.3 is 0 Å². The van der Waals surface area contributed by atoms with Gasteiger partial charge in [-0.3, -0.25) is 4.79 Å². The van der Waals surface area contributed by atoms with Crippen molar-refractivity contribution in [1.29, 1.82) is 0 Å². The molecule has 4 rings (SSSR count). The van der Waals surface area contributed by atoms with E-state index in [0.717, 1.165) is 49.9 Å². The Morgan fingerprint density at radius 1 is 1.17 bits per heavy atom. The third-order valence-electron chi connectivity index (χ3n) is 5.60. The SMILES string of the molecule is O=C(c1ccnc(NCC2CCN(C3CC3)C2)c1)N1CCCCC1. The Morgan fingerprint density at radius 3 is 2.79 bits per heavy atom. The van der Waals surface area contributed by atoms with E-state index in [4.69, 9.17) is 0 Å². The molecule has 3 fully saturated rings. The minimum atomic E-state index is 0.154. The summed E-state index contributed by atoms with van der Waals surface area (Å²) in [4.78, 5) is 21.6. The van der Waals surface area contributed by atoms with Crippen LogP contribution >= 0.6 is 0 Å². The van der Waals surface area contributed by atoms with Gasteiger partial charge in [0, 0.05) is 44.0 Å². The number of aromatic nitrogens is 1. The number of rotatable bonds is 5. The lowest BCUT2D eigenvalue weighted by Gasteiger charge is -2.26. The maximum Gasteiger partial charge on any atom is 0.254 e. The highest BCUT2D eigenvalue weighted by atomic mass is 16.2. The first-order valence-electron chi connectivity index (χ1n) is 9.53. The molecule has 3 aliphatic rings. The first-order valence-corrected chi connectivity index (χ1v) is 9.53. The Labute approximate surface area is 144 Å². The lowest BCUT2D eigenvalue weighted by atomic mass is 10.1. The van der Waals surface area contributed by atoms with Gasteiger partial charge < -0.3 is 15.1 Å². The zero-order valence-corrected chi connectivity index (χ0v) is 14.4. The van der Waals surface area contributed by atoms with Crippen molar-refractivity contribution >= 4 is 11.7 Å². The van der Waals surface area contributed by atoms with Crippen molar-refractivity contribution in [1.82, 2.24) is 14.8 Å². The second-order valence-corrected chi connectivity index (χ2v) is 7.54. The molecule has 2 aliphatic heterocycles. The minimum Gasteiger partial charge on any atom is -0.370 e. The Kier molecular flexibility index (Phi) is 4.69. The standard InChI is InChI=1S/C19H28N4O/c24-19(22-9-2-1-3-10-22)16-6-8-20-18(12-16)21-13-15-7-11-23(14-15)17-4-5-17/h6,8,12,15,17H,1-5,7,9-11,13-14H2,(H,20,21). The molecule has 0 aromatic carbocycles. The Bertz CT molecular complexity index is 580. The number of pyridine rings is 1. The third kappa shape index (κ3) is 3.72. The molecule has 5 heteroatoms. The van der Waals surface area contributed by atoms with Gasteiger partial charge in [-0.15, -0.1) is 0 Å². The molecule has 0 bridgehead atoms. The molecule has 1 N–H and O–H groups in total. The van der Waals surface area contributed by atoms with E-state index in [1.165, 1.54) is 38.8 Å². The van der Waals surface area contributed by atoms with E-state index in [9.17, 15) is 4.79 Å². The molecule has 5 nitrogen and oxygen atoms in total. The van der Waals surface area contributed by atoms with Crippen molar-refractivity contribution in [3.8, 4) is 0 Å². The van der Waals surface area contributed by atoms with Crippen LogP contribution in [0.4, 0.5) is 5.82 Å². The van der Waals surface area contributed by atoms with Crippen molar-refractivity contribution in [2.24, 2.45) is 5.92 Å². The number of nitrogens with one attached hydrogen (secondary N) is 1. The van der Waals surface area contributed by atoms with Crippen LogP contribution in [0.25, 0.3) is 0 Å². The lowest BCUT2D eigenvalue weighted by molar-refractivity contribution is 0.0724. The molecule has 1 aliphatic carbocycles. The fraction of sp³-hybridized carbons (Fsp3) is 0.684. The van der Waals surface area contributed by atoms with Crippen LogP contribution in [0.3, 0.4) is 0 Å². The van der Waals surface area contributed by atoms with Crippen LogP contribution in [0, 0.1) is 5.92 Å². The van der Waals surface area contributed by atoms with Gasteiger partial charge in [-0.2, -0.15) is 0 Å². The van der Waals surface area contributed by atoms with E-state index in [2.05, 4.69) is 15.2 Å². The van der Waals surface area contributed by atoms with Gasteiger partial charge in [0.15, 0.2) is 0 Å². The van der Waals surface area contributed by atoms with Crippen molar-refractivity contribution in [3.05, 3.63) is 23.9 Å². The largest absolute Gasteiger partial charge is 0.370 e. The monoisotopic (exact) mass is 328 g/mol. The van der Waals surface area contributed by atoms with E-state index in [1.807, 2.05) is 17.0 Å². The summed E-state index contributed by atoms with van der Waals surface area (Å²) in [7, 11) is 0. The highest BCUT2D eigenvalue weighted by Crippen LogP contribution is 2.31. The number of piperidine rings is 1. The summed E-state index contributed by atoms with van der Waals surface area (Å²) in [6, 6.07) is 4.63. The molecule has 0 spiro atoms. The molecule has 130 valence electrons. The van der Waals surface area contributed by atoms with Gasteiger partial charge in [0.2, 0.25) is 0 Å². The Hall–Kier alpha value is -1.62. The molecular formula is C19H28N4O. The molecule has 1 unspecified atom stereocenters. The molecule has 1 aromatic rings. The van der Waals surface area contributed by atoms with Crippen LogP contribution in [0.15, 0.2) is 18.3 Å². The number of amides is 1. The molecule has 0 radical (unpaired) electrons. The average Bonchev–Trinajstić information content (AvgIpc) is 3.39. The van der Waals surface area contributed by atoms with Crippen molar-refractivity contribution in [2.75, 3.05) is 38.0 Å². The van der Waals surface area contributed by atoms with E-state index in [-0.39, 0.29) is 5.91 Å². The number of carbonyl (C=O) groups excluding carboxylic acids is 1. The zero-order chi connectivity index (χ0) is 16.4.